The van der Waals surface area contributed by atoms with Crippen LogP contribution in [-0.2, 0) is 4.79 Å². The SMILES string of the molecule is CCCC[C@H](N)C(O)C1CC1=O. The van der Waals surface area contributed by atoms with Gasteiger partial charge in [0.25, 0.3) is 0 Å². The van der Waals surface area contributed by atoms with E-state index in [4.69, 9.17) is 5.73 Å². The molecule has 3 heteroatoms. The van der Waals surface area contributed by atoms with Gasteiger partial charge in [-0.05, 0) is 6.42 Å². The molecule has 1 aliphatic rings. The molecule has 0 amide bonds. The second-order valence-electron chi connectivity index (χ2n) is 3.57. The Balaban J connectivity index is 2.21. The highest BCUT2D eigenvalue weighted by Gasteiger charge is 2.42. The fourth-order valence-corrected chi connectivity index (χ4v) is 1.38. The smallest absolute Gasteiger partial charge is 0.139 e. The van der Waals surface area contributed by atoms with Crippen molar-refractivity contribution in [2.24, 2.45) is 11.7 Å². The molecule has 0 aromatic heterocycles. The van der Waals surface area contributed by atoms with Crippen molar-refractivity contribution >= 4 is 5.78 Å². The summed E-state index contributed by atoms with van der Waals surface area (Å²) in [5.74, 6) is 0.0197. The molecular weight excluding hydrogens is 154 g/mol. The normalized spacial score (nSPS) is 26.9. The van der Waals surface area contributed by atoms with Crippen molar-refractivity contribution in [1.82, 2.24) is 0 Å². The first-order valence-corrected chi connectivity index (χ1v) is 4.63. The first kappa shape index (κ1) is 9.68. The van der Waals surface area contributed by atoms with Gasteiger partial charge in [0.15, 0.2) is 0 Å². The predicted molar refractivity (Wildman–Crippen MR) is 46.6 cm³/mol. The van der Waals surface area contributed by atoms with Crippen LogP contribution in [0.3, 0.4) is 0 Å². The fourth-order valence-electron chi connectivity index (χ4n) is 1.38. The molecule has 0 spiro atoms. The molecule has 0 radical (unpaired) electrons. The third-order valence-electron chi connectivity index (χ3n) is 2.42. The van der Waals surface area contributed by atoms with Crippen molar-refractivity contribution in [3.05, 3.63) is 0 Å². The van der Waals surface area contributed by atoms with Gasteiger partial charge in [0.2, 0.25) is 0 Å². The average molecular weight is 171 g/mol. The van der Waals surface area contributed by atoms with Gasteiger partial charge in [-0.15, -0.1) is 0 Å². The van der Waals surface area contributed by atoms with E-state index in [0.717, 1.165) is 19.3 Å². The number of carbonyl (C=O) groups excluding carboxylic acids is 1. The first-order chi connectivity index (χ1) is 5.66. The summed E-state index contributed by atoms with van der Waals surface area (Å²) in [4.78, 5) is 10.7. The molecule has 0 bridgehead atoms. The minimum Gasteiger partial charge on any atom is -0.391 e. The molecule has 3 N–H and O–H groups in total. The lowest BCUT2D eigenvalue weighted by Crippen LogP contribution is -2.36. The topological polar surface area (TPSA) is 63.3 Å². The second-order valence-corrected chi connectivity index (χ2v) is 3.57. The maximum absolute atomic E-state index is 10.7. The third-order valence-corrected chi connectivity index (χ3v) is 2.42. The van der Waals surface area contributed by atoms with Gasteiger partial charge in [-0.2, -0.15) is 0 Å². The number of aliphatic hydroxyl groups is 1. The summed E-state index contributed by atoms with van der Waals surface area (Å²) in [6.45, 7) is 2.08. The molecule has 70 valence electrons. The van der Waals surface area contributed by atoms with Crippen molar-refractivity contribution in [2.45, 2.75) is 44.8 Å². The molecule has 1 rings (SSSR count). The summed E-state index contributed by atoms with van der Waals surface area (Å²) in [5, 5.41) is 9.51. The van der Waals surface area contributed by atoms with Crippen molar-refractivity contribution in [3.8, 4) is 0 Å². The summed E-state index contributed by atoms with van der Waals surface area (Å²) in [5.41, 5.74) is 5.70. The van der Waals surface area contributed by atoms with Gasteiger partial charge in [0.1, 0.15) is 5.78 Å². The second kappa shape index (κ2) is 4.01. The van der Waals surface area contributed by atoms with Gasteiger partial charge in [-0.1, -0.05) is 19.8 Å². The number of unbranched alkanes of at least 4 members (excludes halogenated alkanes) is 1. The van der Waals surface area contributed by atoms with Crippen LogP contribution in [-0.4, -0.2) is 23.0 Å². The zero-order valence-electron chi connectivity index (χ0n) is 7.49. The summed E-state index contributed by atoms with van der Waals surface area (Å²) in [7, 11) is 0. The molecule has 1 saturated carbocycles. The first-order valence-electron chi connectivity index (χ1n) is 4.63. The lowest BCUT2D eigenvalue weighted by molar-refractivity contribution is -0.112. The van der Waals surface area contributed by atoms with E-state index in [1.54, 1.807) is 0 Å². The van der Waals surface area contributed by atoms with Crippen LogP contribution in [0.25, 0.3) is 0 Å². The summed E-state index contributed by atoms with van der Waals surface area (Å²) < 4.78 is 0. The largest absolute Gasteiger partial charge is 0.391 e. The van der Waals surface area contributed by atoms with Crippen LogP contribution in [0.1, 0.15) is 32.6 Å². The standard InChI is InChI=1S/C9H17NO2/c1-2-3-4-7(10)9(12)6-5-8(6)11/h6-7,9,12H,2-5,10H2,1H3/t6?,7-,9?/m0/s1. The summed E-state index contributed by atoms with van der Waals surface area (Å²) >= 11 is 0. The molecule has 12 heavy (non-hydrogen) atoms. The van der Waals surface area contributed by atoms with E-state index in [1.165, 1.54) is 0 Å². The number of nitrogens with two attached hydrogens (primary N) is 1. The quantitative estimate of drug-likeness (QED) is 0.631. The van der Waals surface area contributed by atoms with Crippen molar-refractivity contribution in [3.63, 3.8) is 0 Å². The van der Waals surface area contributed by atoms with E-state index in [1.807, 2.05) is 0 Å². The zero-order chi connectivity index (χ0) is 9.14. The molecule has 0 aromatic rings. The molecule has 1 fully saturated rings. The third kappa shape index (κ3) is 2.29. The van der Waals surface area contributed by atoms with Crippen LogP contribution in [0, 0.1) is 5.92 Å². The minimum absolute atomic E-state index is 0.142. The number of Topliss-reactive ketones (excluding diaryl/α,β-unsaturated/α-hetero) is 1. The molecule has 2 unspecified atom stereocenters. The fraction of sp³-hybridized carbons (Fsp3) is 0.889. The Morgan fingerprint density at radius 2 is 2.33 bits per heavy atom. The van der Waals surface area contributed by atoms with E-state index in [0.29, 0.717) is 6.42 Å². The van der Waals surface area contributed by atoms with E-state index in [-0.39, 0.29) is 17.7 Å². The number of hydrogen-bond donors (Lipinski definition) is 2. The Labute approximate surface area is 72.9 Å². The minimum atomic E-state index is -0.593. The molecule has 0 aliphatic heterocycles. The number of ketones is 1. The Bertz CT molecular complexity index is 170. The predicted octanol–water partition coefficient (Wildman–Crippen LogP) is 0.454. The monoisotopic (exact) mass is 171 g/mol. The van der Waals surface area contributed by atoms with Crippen molar-refractivity contribution < 1.29 is 9.90 Å². The maximum atomic E-state index is 10.7. The molecule has 0 heterocycles. The van der Waals surface area contributed by atoms with E-state index in [9.17, 15) is 9.90 Å². The Kier molecular flexibility index (Phi) is 3.23. The van der Waals surface area contributed by atoms with Crippen LogP contribution in [0.4, 0.5) is 0 Å². The van der Waals surface area contributed by atoms with Crippen LogP contribution < -0.4 is 5.73 Å². The number of rotatable bonds is 5. The van der Waals surface area contributed by atoms with E-state index >= 15 is 0 Å². The van der Waals surface area contributed by atoms with Crippen LogP contribution in [0.5, 0.6) is 0 Å². The zero-order valence-corrected chi connectivity index (χ0v) is 7.49. The lowest BCUT2D eigenvalue weighted by Gasteiger charge is -2.16. The molecular formula is C9H17NO2. The van der Waals surface area contributed by atoms with E-state index < -0.39 is 6.10 Å². The van der Waals surface area contributed by atoms with Gasteiger partial charge < -0.3 is 10.8 Å². The van der Waals surface area contributed by atoms with Gasteiger partial charge in [-0.25, -0.2) is 0 Å². The maximum Gasteiger partial charge on any atom is 0.139 e. The Morgan fingerprint density at radius 1 is 1.75 bits per heavy atom. The highest BCUT2D eigenvalue weighted by molar-refractivity contribution is 5.96. The number of aliphatic hydroxyl groups excluding tert-OH is 1. The summed E-state index contributed by atoms with van der Waals surface area (Å²) in [6, 6.07) is -0.207. The number of hydrogen-bond acceptors (Lipinski definition) is 3. The Morgan fingerprint density at radius 3 is 2.75 bits per heavy atom. The molecule has 1 aliphatic carbocycles. The van der Waals surface area contributed by atoms with Crippen molar-refractivity contribution in [1.29, 1.82) is 0 Å². The van der Waals surface area contributed by atoms with Crippen LogP contribution in [0.2, 0.25) is 0 Å². The van der Waals surface area contributed by atoms with Gasteiger partial charge in [0.05, 0.1) is 12.0 Å². The van der Waals surface area contributed by atoms with Gasteiger partial charge in [-0.3, -0.25) is 4.79 Å². The highest BCUT2D eigenvalue weighted by Crippen LogP contribution is 2.29. The molecule has 3 nitrogen and oxygen atoms in total. The van der Waals surface area contributed by atoms with Crippen LogP contribution >= 0.6 is 0 Å². The van der Waals surface area contributed by atoms with Crippen LogP contribution in [0.15, 0.2) is 0 Å². The molecule has 3 atom stereocenters. The van der Waals surface area contributed by atoms with Crippen molar-refractivity contribution in [2.75, 3.05) is 0 Å². The number of carbonyl (C=O) groups is 1. The Hall–Kier alpha value is -0.410. The lowest BCUT2D eigenvalue weighted by atomic mass is 10.0. The highest BCUT2D eigenvalue weighted by atomic mass is 16.3. The van der Waals surface area contributed by atoms with E-state index in [2.05, 4.69) is 6.92 Å². The van der Waals surface area contributed by atoms with Gasteiger partial charge in [0, 0.05) is 12.5 Å². The summed E-state index contributed by atoms with van der Waals surface area (Å²) in [6.07, 6.45) is 2.87. The molecule has 0 aromatic carbocycles. The average Bonchev–Trinajstić information content (AvgIpc) is 2.77. The molecule has 0 saturated heterocycles. The van der Waals surface area contributed by atoms with Gasteiger partial charge >= 0.3 is 0 Å².